The Morgan fingerprint density at radius 2 is 2.11 bits per heavy atom. The van der Waals surface area contributed by atoms with Crippen LogP contribution in [-0.4, -0.2) is 80.3 Å². The Morgan fingerprint density at radius 1 is 1.32 bits per heavy atom. The number of aliphatic carboxylic acids is 1. The summed E-state index contributed by atoms with van der Waals surface area (Å²) in [4.78, 5) is 54.9. The van der Waals surface area contributed by atoms with Gasteiger partial charge in [-0.3, -0.25) is 19.3 Å². The van der Waals surface area contributed by atoms with Gasteiger partial charge in [-0.25, -0.2) is 4.79 Å². The molecule has 1 aromatic rings. The molecule has 1 N–H and O–H groups in total. The van der Waals surface area contributed by atoms with Gasteiger partial charge in [0, 0.05) is 18.0 Å². The number of thioether (sulfide) groups is 1. The first-order chi connectivity index (χ1) is 13.4. The fraction of sp³-hybridized carbons (Fsp3) is 0.556. The van der Waals surface area contributed by atoms with Gasteiger partial charge in [-0.1, -0.05) is 13.0 Å². The Hall–Kier alpha value is -2.07. The van der Waals surface area contributed by atoms with Gasteiger partial charge in [0.1, 0.15) is 6.04 Å². The van der Waals surface area contributed by atoms with Crippen molar-refractivity contribution in [3.8, 4) is 0 Å². The van der Waals surface area contributed by atoms with Crippen LogP contribution in [0, 0.1) is 0 Å². The monoisotopic (exact) mass is 425 g/mol. The Bertz CT molecular complexity index is 754. The molecule has 4 amide bonds. The molecule has 3 heterocycles. The summed E-state index contributed by atoms with van der Waals surface area (Å²) in [5.41, 5.74) is 0. The number of nitrogens with zero attached hydrogens (tertiary/aromatic N) is 3. The number of carbonyl (C=O) groups is 4. The van der Waals surface area contributed by atoms with Crippen molar-refractivity contribution in [2.45, 2.75) is 38.4 Å². The molecule has 0 unspecified atom stereocenters. The molecule has 2 atom stereocenters. The second-order valence-corrected chi connectivity index (χ2v) is 8.77. The standard InChI is InChI=1S/C18H23N3O5S2/c1-2-6-20-17(25)16-13(21(18(20)26)9-12-4-3-8-28-12)5-7-19(16)14(22)10-27-11-15(23)24/h3-4,8,13,16H,2,5-7,9-11H2,1H3,(H,23,24)/t13-,16-/m1/s1. The number of hydrogen-bond donors (Lipinski definition) is 1. The normalized spacial score (nSPS) is 22.0. The molecule has 1 aromatic heterocycles. The van der Waals surface area contributed by atoms with Gasteiger partial charge in [0.2, 0.25) is 5.91 Å². The molecule has 8 nitrogen and oxygen atoms in total. The molecule has 0 bridgehead atoms. The van der Waals surface area contributed by atoms with E-state index in [0.29, 0.717) is 32.5 Å². The van der Waals surface area contributed by atoms with Crippen LogP contribution in [0.25, 0.3) is 0 Å². The number of urea groups is 1. The van der Waals surface area contributed by atoms with Gasteiger partial charge < -0.3 is 14.9 Å². The molecule has 2 saturated heterocycles. The zero-order valence-electron chi connectivity index (χ0n) is 15.6. The third-order valence-electron chi connectivity index (χ3n) is 4.89. The highest BCUT2D eigenvalue weighted by atomic mass is 32.2. The summed E-state index contributed by atoms with van der Waals surface area (Å²) in [6.45, 7) is 3.02. The van der Waals surface area contributed by atoms with Crippen molar-refractivity contribution < 1.29 is 24.3 Å². The number of imide groups is 1. The summed E-state index contributed by atoms with van der Waals surface area (Å²) < 4.78 is 0. The maximum Gasteiger partial charge on any atom is 0.327 e. The minimum absolute atomic E-state index is 0.00937. The average Bonchev–Trinajstić information content (AvgIpc) is 3.31. The molecule has 28 heavy (non-hydrogen) atoms. The lowest BCUT2D eigenvalue weighted by atomic mass is 10.0. The Labute approximate surface area is 171 Å². The Balaban J connectivity index is 1.80. The van der Waals surface area contributed by atoms with E-state index in [1.807, 2.05) is 24.4 Å². The predicted octanol–water partition coefficient (Wildman–Crippen LogP) is 1.71. The highest BCUT2D eigenvalue weighted by Gasteiger charge is 2.52. The van der Waals surface area contributed by atoms with Crippen LogP contribution in [0.2, 0.25) is 0 Å². The van der Waals surface area contributed by atoms with Crippen molar-refractivity contribution in [2.24, 2.45) is 0 Å². The minimum atomic E-state index is -0.979. The summed E-state index contributed by atoms with van der Waals surface area (Å²) in [5, 5.41) is 10.7. The average molecular weight is 426 g/mol. The van der Waals surface area contributed by atoms with Crippen molar-refractivity contribution in [3.63, 3.8) is 0 Å². The van der Waals surface area contributed by atoms with Gasteiger partial charge in [0.25, 0.3) is 5.91 Å². The van der Waals surface area contributed by atoms with Crippen LogP contribution < -0.4 is 0 Å². The summed E-state index contributed by atoms with van der Waals surface area (Å²) in [7, 11) is 0. The maximum atomic E-state index is 13.0. The first-order valence-corrected chi connectivity index (χ1v) is 11.2. The largest absolute Gasteiger partial charge is 0.481 e. The molecule has 152 valence electrons. The lowest BCUT2D eigenvalue weighted by molar-refractivity contribution is -0.145. The topological polar surface area (TPSA) is 98.2 Å². The van der Waals surface area contributed by atoms with Crippen molar-refractivity contribution >= 4 is 46.9 Å². The second kappa shape index (κ2) is 8.95. The first-order valence-electron chi connectivity index (χ1n) is 9.17. The molecular weight excluding hydrogens is 402 g/mol. The summed E-state index contributed by atoms with van der Waals surface area (Å²) in [5.74, 6) is -1.71. The van der Waals surface area contributed by atoms with E-state index in [2.05, 4.69) is 0 Å². The van der Waals surface area contributed by atoms with Gasteiger partial charge in [0.05, 0.1) is 24.1 Å². The van der Waals surface area contributed by atoms with Gasteiger partial charge in [-0.2, -0.15) is 0 Å². The molecule has 0 aromatic carbocycles. The summed E-state index contributed by atoms with van der Waals surface area (Å²) >= 11 is 2.57. The van der Waals surface area contributed by atoms with Gasteiger partial charge in [-0.05, 0) is 24.3 Å². The Morgan fingerprint density at radius 3 is 2.75 bits per heavy atom. The smallest absolute Gasteiger partial charge is 0.327 e. The molecule has 0 spiro atoms. The highest BCUT2D eigenvalue weighted by molar-refractivity contribution is 8.00. The number of hydrogen-bond acceptors (Lipinski definition) is 6. The lowest BCUT2D eigenvalue weighted by Crippen LogP contribution is -2.65. The first kappa shape index (κ1) is 20.7. The fourth-order valence-electron chi connectivity index (χ4n) is 3.72. The number of carboxylic acid groups (broad SMARTS) is 1. The molecule has 10 heteroatoms. The Kier molecular flexibility index (Phi) is 6.61. The molecular formula is C18H23N3O5S2. The van der Waals surface area contributed by atoms with Crippen molar-refractivity contribution in [1.29, 1.82) is 0 Å². The van der Waals surface area contributed by atoms with Crippen LogP contribution >= 0.6 is 23.1 Å². The zero-order valence-corrected chi connectivity index (χ0v) is 17.2. The van der Waals surface area contributed by atoms with E-state index in [-0.39, 0.29) is 35.4 Å². The van der Waals surface area contributed by atoms with E-state index >= 15 is 0 Å². The predicted molar refractivity (Wildman–Crippen MR) is 106 cm³/mol. The van der Waals surface area contributed by atoms with Gasteiger partial charge in [0.15, 0.2) is 0 Å². The van der Waals surface area contributed by atoms with Gasteiger partial charge in [-0.15, -0.1) is 23.1 Å². The number of thiophene rings is 1. The fourth-order valence-corrected chi connectivity index (χ4v) is 5.04. The van der Waals surface area contributed by atoms with E-state index in [0.717, 1.165) is 16.6 Å². The summed E-state index contributed by atoms with van der Waals surface area (Å²) in [6.07, 6.45) is 1.19. The molecule has 0 radical (unpaired) electrons. The van der Waals surface area contributed by atoms with Crippen LogP contribution in [0.3, 0.4) is 0 Å². The number of rotatable bonds is 8. The molecule has 2 fully saturated rings. The van der Waals surface area contributed by atoms with E-state index < -0.39 is 12.0 Å². The molecule has 2 aliphatic heterocycles. The third kappa shape index (κ3) is 4.17. The van der Waals surface area contributed by atoms with Crippen LogP contribution in [0.4, 0.5) is 4.79 Å². The van der Waals surface area contributed by atoms with Gasteiger partial charge >= 0.3 is 12.0 Å². The summed E-state index contributed by atoms with van der Waals surface area (Å²) in [6, 6.07) is 2.54. The molecule has 3 rings (SSSR count). The molecule has 0 aliphatic carbocycles. The number of fused-ring (bicyclic) bond motifs is 1. The third-order valence-corrected chi connectivity index (χ3v) is 6.65. The van der Waals surface area contributed by atoms with Crippen molar-refractivity contribution in [3.05, 3.63) is 22.4 Å². The number of carboxylic acids is 1. The minimum Gasteiger partial charge on any atom is -0.481 e. The van der Waals surface area contributed by atoms with E-state index in [4.69, 9.17) is 5.11 Å². The number of carbonyl (C=O) groups excluding carboxylic acids is 3. The van der Waals surface area contributed by atoms with Crippen molar-refractivity contribution in [1.82, 2.24) is 14.7 Å². The SMILES string of the molecule is CCCN1C(=O)[C@H]2[C@@H](CCN2C(=O)CSCC(=O)O)N(Cc2cccs2)C1=O. The second-order valence-electron chi connectivity index (χ2n) is 6.75. The van der Waals surface area contributed by atoms with Crippen LogP contribution in [0.1, 0.15) is 24.6 Å². The van der Waals surface area contributed by atoms with E-state index in [1.54, 1.807) is 16.2 Å². The van der Waals surface area contributed by atoms with Crippen LogP contribution in [0.5, 0.6) is 0 Å². The van der Waals surface area contributed by atoms with Crippen LogP contribution in [-0.2, 0) is 20.9 Å². The van der Waals surface area contributed by atoms with E-state index in [9.17, 15) is 19.2 Å². The quantitative estimate of drug-likeness (QED) is 0.681. The van der Waals surface area contributed by atoms with E-state index in [1.165, 1.54) is 9.80 Å². The van der Waals surface area contributed by atoms with Crippen LogP contribution in [0.15, 0.2) is 17.5 Å². The number of likely N-dealkylation sites (tertiary alicyclic amines) is 1. The number of amides is 4. The highest BCUT2D eigenvalue weighted by Crippen LogP contribution is 2.32. The lowest BCUT2D eigenvalue weighted by Gasteiger charge is -2.43. The zero-order chi connectivity index (χ0) is 20.3. The molecule has 0 saturated carbocycles. The maximum absolute atomic E-state index is 13.0. The van der Waals surface area contributed by atoms with Crippen molar-refractivity contribution in [2.75, 3.05) is 24.6 Å². The molecule has 2 aliphatic rings.